The van der Waals surface area contributed by atoms with Gasteiger partial charge in [0.15, 0.2) is 5.78 Å². The van der Waals surface area contributed by atoms with E-state index in [4.69, 9.17) is 0 Å². The Hall–Kier alpha value is -1.83. The monoisotopic (exact) mass is 297 g/mol. The molecule has 0 radical (unpaired) electrons. The summed E-state index contributed by atoms with van der Waals surface area (Å²) >= 11 is 0. The lowest BCUT2D eigenvalue weighted by Gasteiger charge is -2.37. The molecule has 22 heavy (non-hydrogen) atoms. The lowest BCUT2D eigenvalue weighted by atomic mass is 9.77. The molecule has 0 amide bonds. The van der Waals surface area contributed by atoms with E-state index in [1.807, 2.05) is 36.4 Å². The molecular weight excluding hydrogens is 270 g/mol. The van der Waals surface area contributed by atoms with Gasteiger partial charge in [0.25, 0.3) is 0 Å². The zero-order valence-electron chi connectivity index (χ0n) is 14.2. The number of allylic oxidation sites excluding steroid dienone is 2. The second-order valence-electron chi connectivity index (χ2n) is 7.17. The van der Waals surface area contributed by atoms with Crippen molar-refractivity contribution >= 4 is 11.9 Å². The topological polar surface area (TPSA) is 20.3 Å². The van der Waals surface area contributed by atoms with E-state index >= 15 is 0 Å². The zero-order chi connectivity index (χ0) is 16.2. The fraction of sp³-hybridized carbons (Fsp3) is 0.450. The normalized spacial score (nSPS) is 17.9. The molecule has 0 N–H and O–H groups in total. The van der Waals surface area contributed by atoms with Crippen LogP contribution < -0.4 is 0 Å². The van der Waals surface area contributed by atoms with Crippen molar-refractivity contribution in [1.82, 2.24) is 4.90 Å². The zero-order valence-corrected chi connectivity index (χ0v) is 14.2. The summed E-state index contributed by atoms with van der Waals surface area (Å²) in [5, 5.41) is 0. The Kier molecular flexibility index (Phi) is 5.23. The minimum Gasteiger partial charge on any atom is -0.377 e. The SMILES string of the molecule is CC(C)CN1C=C(C(=O)/C=C/c2ccccc2)C(C)(C)CC1. The number of hydrogen-bond donors (Lipinski definition) is 0. The van der Waals surface area contributed by atoms with Crippen molar-refractivity contribution in [3.05, 3.63) is 53.7 Å². The molecule has 0 spiro atoms. The maximum Gasteiger partial charge on any atom is 0.183 e. The standard InChI is InChI=1S/C20H27NO/c1-16(2)14-21-13-12-20(3,4)18(15-21)19(22)11-10-17-8-6-5-7-9-17/h5-11,15-16H,12-14H2,1-4H3/b11-10+. The fourth-order valence-electron chi connectivity index (χ4n) is 2.82. The molecule has 1 aromatic carbocycles. The van der Waals surface area contributed by atoms with Crippen LogP contribution in [0.5, 0.6) is 0 Å². The Morgan fingerprint density at radius 2 is 1.95 bits per heavy atom. The van der Waals surface area contributed by atoms with Crippen LogP contribution in [-0.2, 0) is 4.79 Å². The molecule has 1 aliphatic rings. The molecule has 0 aromatic heterocycles. The molecule has 0 bridgehead atoms. The number of nitrogens with zero attached hydrogens (tertiary/aromatic N) is 1. The van der Waals surface area contributed by atoms with Crippen molar-refractivity contribution < 1.29 is 4.79 Å². The maximum atomic E-state index is 12.6. The van der Waals surface area contributed by atoms with E-state index in [1.54, 1.807) is 6.08 Å². The third kappa shape index (κ3) is 4.33. The highest BCUT2D eigenvalue weighted by molar-refractivity contribution is 6.07. The third-order valence-corrected chi connectivity index (χ3v) is 4.16. The van der Waals surface area contributed by atoms with Crippen LogP contribution >= 0.6 is 0 Å². The van der Waals surface area contributed by atoms with Gasteiger partial charge in [0.05, 0.1) is 0 Å². The van der Waals surface area contributed by atoms with Gasteiger partial charge in [-0.15, -0.1) is 0 Å². The van der Waals surface area contributed by atoms with E-state index in [9.17, 15) is 4.79 Å². The van der Waals surface area contributed by atoms with Crippen LogP contribution in [0.2, 0.25) is 0 Å². The van der Waals surface area contributed by atoms with Crippen LogP contribution in [-0.4, -0.2) is 23.8 Å². The molecule has 118 valence electrons. The summed E-state index contributed by atoms with van der Waals surface area (Å²) in [4.78, 5) is 14.9. The molecule has 2 nitrogen and oxygen atoms in total. The van der Waals surface area contributed by atoms with Gasteiger partial charge in [-0.2, -0.15) is 0 Å². The van der Waals surface area contributed by atoms with Crippen LogP contribution in [0, 0.1) is 11.3 Å². The van der Waals surface area contributed by atoms with Crippen LogP contribution in [0.4, 0.5) is 0 Å². The Balaban J connectivity index is 2.17. The second-order valence-corrected chi connectivity index (χ2v) is 7.17. The largest absolute Gasteiger partial charge is 0.377 e. The summed E-state index contributed by atoms with van der Waals surface area (Å²) in [6.07, 6.45) is 6.72. The van der Waals surface area contributed by atoms with Crippen LogP contribution in [0.25, 0.3) is 6.08 Å². The molecule has 1 heterocycles. The molecule has 2 rings (SSSR count). The Bertz CT molecular complexity index is 567. The molecule has 0 saturated carbocycles. The van der Waals surface area contributed by atoms with Crippen molar-refractivity contribution in [3.8, 4) is 0 Å². The van der Waals surface area contributed by atoms with E-state index in [0.717, 1.165) is 30.6 Å². The molecule has 0 saturated heterocycles. The van der Waals surface area contributed by atoms with Gasteiger partial charge in [-0.3, -0.25) is 4.79 Å². The smallest absolute Gasteiger partial charge is 0.183 e. The predicted molar refractivity (Wildman–Crippen MR) is 93.4 cm³/mol. The Morgan fingerprint density at radius 1 is 1.27 bits per heavy atom. The number of hydrogen-bond acceptors (Lipinski definition) is 2. The summed E-state index contributed by atoms with van der Waals surface area (Å²) in [7, 11) is 0. The average Bonchev–Trinajstić information content (AvgIpc) is 2.47. The van der Waals surface area contributed by atoms with Gasteiger partial charge >= 0.3 is 0 Å². The van der Waals surface area contributed by atoms with Gasteiger partial charge in [-0.25, -0.2) is 0 Å². The van der Waals surface area contributed by atoms with Crippen LogP contribution in [0.15, 0.2) is 48.2 Å². The summed E-state index contributed by atoms with van der Waals surface area (Å²) < 4.78 is 0. The van der Waals surface area contributed by atoms with E-state index in [2.05, 4.69) is 38.8 Å². The van der Waals surface area contributed by atoms with Gasteiger partial charge in [0.2, 0.25) is 0 Å². The Labute approximate surface area is 134 Å². The van der Waals surface area contributed by atoms with Crippen LogP contribution in [0.1, 0.15) is 39.7 Å². The van der Waals surface area contributed by atoms with Crippen molar-refractivity contribution in [2.75, 3.05) is 13.1 Å². The van der Waals surface area contributed by atoms with E-state index in [0.29, 0.717) is 5.92 Å². The summed E-state index contributed by atoms with van der Waals surface area (Å²) in [6.45, 7) is 10.8. The lowest BCUT2D eigenvalue weighted by molar-refractivity contribution is -0.112. The minimum atomic E-state index is -0.0500. The number of ketones is 1. The van der Waals surface area contributed by atoms with Crippen molar-refractivity contribution in [2.24, 2.45) is 11.3 Å². The first kappa shape index (κ1) is 16.5. The highest BCUT2D eigenvalue weighted by Crippen LogP contribution is 2.35. The predicted octanol–water partition coefficient (Wildman–Crippen LogP) is 4.54. The average molecular weight is 297 g/mol. The number of rotatable bonds is 5. The summed E-state index contributed by atoms with van der Waals surface area (Å²) in [5.74, 6) is 0.732. The number of benzene rings is 1. The van der Waals surface area contributed by atoms with Crippen molar-refractivity contribution in [3.63, 3.8) is 0 Å². The van der Waals surface area contributed by atoms with Crippen molar-refractivity contribution in [1.29, 1.82) is 0 Å². The minimum absolute atomic E-state index is 0.0500. The first-order chi connectivity index (χ1) is 10.4. The third-order valence-electron chi connectivity index (χ3n) is 4.16. The molecule has 0 atom stereocenters. The van der Waals surface area contributed by atoms with Gasteiger partial charge in [0, 0.05) is 24.9 Å². The molecule has 0 unspecified atom stereocenters. The van der Waals surface area contributed by atoms with E-state index < -0.39 is 0 Å². The van der Waals surface area contributed by atoms with Gasteiger partial charge in [-0.05, 0) is 29.4 Å². The molecule has 1 aliphatic heterocycles. The first-order valence-corrected chi connectivity index (χ1v) is 8.12. The number of carbonyl (C=O) groups excluding carboxylic acids is 1. The highest BCUT2D eigenvalue weighted by atomic mass is 16.1. The highest BCUT2D eigenvalue weighted by Gasteiger charge is 2.31. The summed E-state index contributed by atoms with van der Waals surface area (Å²) in [5.41, 5.74) is 1.93. The maximum absolute atomic E-state index is 12.6. The van der Waals surface area contributed by atoms with E-state index in [1.165, 1.54) is 0 Å². The van der Waals surface area contributed by atoms with Gasteiger partial charge in [0.1, 0.15) is 0 Å². The molecular formula is C20H27NO. The quantitative estimate of drug-likeness (QED) is 0.744. The van der Waals surface area contributed by atoms with Gasteiger partial charge < -0.3 is 4.90 Å². The van der Waals surface area contributed by atoms with Gasteiger partial charge in [-0.1, -0.05) is 64.1 Å². The summed E-state index contributed by atoms with van der Waals surface area (Å²) in [6, 6.07) is 9.97. The first-order valence-electron chi connectivity index (χ1n) is 8.12. The molecule has 0 fully saturated rings. The Morgan fingerprint density at radius 3 is 2.59 bits per heavy atom. The van der Waals surface area contributed by atoms with Crippen LogP contribution in [0.3, 0.4) is 0 Å². The lowest BCUT2D eigenvalue weighted by Crippen LogP contribution is -2.36. The molecule has 1 aromatic rings. The second kappa shape index (κ2) is 6.95. The molecule has 0 aliphatic carbocycles. The molecule has 2 heteroatoms. The van der Waals surface area contributed by atoms with Crippen molar-refractivity contribution in [2.45, 2.75) is 34.1 Å². The fourth-order valence-corrected chi connectivity index (χ4v) is 2.82. The number of carbonyl (C=O) groups is 1. The van der Waals surface area contributed by atoms with E-state index in [-0.39, 0.29) is 11.2 Å².